The van der Waals surface area contributed by atoms with Crippen molar-refractivity contribution in [3.63, 3.8) is 0 Å². The third-order valence-electron chi connectivity index (χ3n) is 5.83. The maximum Gasteiger partial charge on any atom is 0.303 e. The summed E-state index contributed by atoms with van der Waals surface area (Å²) in [6, 6.07) is 20.4. The summed E-state index contributed by atoms with van der Waals surface area (Å²) in [5, 5.41) is 13.7. The third-order valence-corrected chi connectivity index (χ3v) is 5.83. The number of hydrogen-bond donors (Lipinski definition) is 1. The molecule has 3 aromatic carbocycles. The van der Waals surface area contributed by atoms with Crippen LogP contribution in [0.2, 0.25) is 0 Å². The molecule has 0 radical (unpaired) electrons. The first-order chi connectivity index (χ1) is 14.1. The highest BCUT2D eigenvalue weighted by Crippen LogP contribution is 2.43. The Balaban J connectivity index is 2.14. The minimum atomic E-state index is -0.829. The molecule has 1 aliphatic rings. The van der Waals surface area contributed by atoms with Gasteiger partial charge in [0.25, 0.3) is 0 Å². The molecule has 29 heavy (non-hydrogen) atoms. The van der Waals surface area contributed by atoms with E-state index in [1.54, 1.807) is 14.2 Å². The molecule has 1 unspecified atom stereocenters. The number of benzene rings is 3. The van der Waals surface area contributed by atoms with E-state index in [2.05, 4.69) is 30.3 Å². The van der Waals surface area contributed by atoms with Crippen LogP contribution in [0, 0.1) is 0 Å². The zero-order chi connectivity index (χ0) is 20.4. The van der Waals surface area contributed by atoms with E-state index in [0.29, 0.717) is 12.8 Å². The van der Waals surface area contributed by atoms with Crippen molar-refractivity contribution in [3.8, 4) is 5.75 Å². The molecule has 0 aromatic heterocycles. The SMILES string of the molecule is COc1ccc2ccccc2c1C1=c2ccccc2=CCC1(CCC(=O)O)OC. The minimum absolute atomic E-state index is 0.0282. The molecule has 1 N–H and O–H groups in total. The first-order valence-electron chi connectivity index (χ1n) is 9.73. The van der Waals surface area contributed by atoms with E-state index in [1.807, 2.05) is 36.4 Å². The highest BCUT2D eigenvalue weighted by Gasteiger charge is 2.38. The molecule has 0 amide bonds. The fourth-order valence-corrected chi connectivity index (χ4v) is 4.39. The predicted octanol–water partition coefficient (Wildman–Crippen LogP) is 3.48. The molecule has 0 bridgehead atoms. The molecule has 1 atom stereocenters. The minimum Gasteiger partial charge on any atom is -0.496 e. The van der Waals surface area contributed by atoms with Gasteiger partial charge in [0, 0.05) is 24.7 Å². The number of fused-ring (bicyclic) bond motifs is 2. The van der Waals surface area contributed by atoms with E-state index >= 15 is 0 Å². The zero-order valence-electron chi connectivity index (χ0n) is 16.6. The van der Waals surface area contributed by atoms with Crippen molar-refractivity contribution in [2.24, 2.45) is 0 Å². The number of carbonyl (C=O) groups is 1. The van der Waals surface area contributed by atoms with Crippen molar-refractivity contribution in [2.45, 2.75) is 24.9 Å². The summed E-state index contributed by atoms with van der Waals surface area (Å²) in [5.41, 5.74) is 1.22. The van der Waals surface area contributed by atoms with Gasteiger partial charge in [-0.15, -0.1) is 0 Å². The van der Waals surface area contributed by atoms with Gasteiger partial charge in [-0.25, -0.2) is 0 Å². The average molecular weight is 388 g/mol. The molecule has 0 spiro atoms. The second kappa shape index (κ2) is 7.72. The lowest BCUT2D eigenvalue weighted by atomic mass is 9.76. The molecule has 4 rings (SSSR count). The van der Waals surface area contributed by atoms with Crippen LogP contribution in [0.1, 0.15) is 24.8 Å². The topological polar surface area (TPSA) is 55.8 Å². The van der Waals surface area contributed by atoms with Crippen molar-refractivity contribution in [1.29, 1.82) is 0 Å². The first-order valence-corrected chi connectivity index (χ1v) is 9.73. The van der Waals surface area contributed by atoms with E-state index in [9.17, 15) is 9.90 Å². The second-order valence-electron chi connectivity index (χ2n) is 7.33. The second-order valence-corrected chi connectivity index (χ2v) is 7.33. The molecule has 0 saturated heterocycles. The summed E-state index contributed by atoms with van der Waals surface area (Å²) in [6.07, 6.45) is 3.16. The van der Waals surface area contributed by atoms with Crippen LogP contribution in [-0.4, -0.2) is 30.9 Å². The number of carboxylic acids is 1. The number of methoxy groups -OCH3 is 2. The summed E-state index contributed by atoms with van der Waals surface area (Å²) >= 11 is 0. The molecule has 4 heteroatoms. The standard InChI is InChI=1S/C25H24O4/c1-28-21-12-11-17-7-3-5-9-19(17)23(21)24-20-10-6-4-8-18(20)13-15-25(24,29-2)16-14-22(26)27/h3-13H,14-16H2,1-2H3,(H,26,27). The lowest BCUT2D eigenvalue weighted by molar-refractivity contribution is -0.138. The van der Waals surface area contributed by atoms with E-state index in [4.69, 9.17) is 9.47 Å². The van der Waals surface area contributed by atoms with Gasteiger partial charge >= 0.3 is 5.97 Å². The highest BCUT2D eigenvalue weighted by atomic mass is 16.5. The maximum absolute atomic E-state index is 11.4. The fourth-order valence-electron chi connectivity index (χ4n) is 4.39. The Morgan fingerprint density at radius 1 is 1.03 bits per heavy atom. The average Bonchev–Trinajstić information content (AvgIpc) is 2.76. The summed E-state index contributed by atoms with van der Waals surface area (Å²) in [4.78, 5) is 11.4. The first kappa shape index (κ1) is 19.2. The van der Waals surface area contributed by atoms with Gasteiger partial charge in [0.05, 0.1) is 12.7 Å². The molecular formula is C25H24O4. The quantitative estimate of drug-likeness (QED) is 0.702. The van der Waals surface area contributed by atoms with Gasteiger partial charge in [-0.2, -0.15) is 0 Å². The van der Waals surface area contributed by atoms with Crippen molar-refractivity contribution >= 4 is 28.4 Å². The monoisotopic (exact) mass is 388 g/mol. The van der Waals surface area contributed by atoms with Crippen LogP contribution in [0.3, 0.4) is 0 Å². The summed E-state index contributed by atoms with van der Waals surface area (Å²) in [7, 11) is 3.34. The van der Waals surface area contributed by atoms with Gasteiger partial charge in [-0.1, -0.05) is 60.7 Å². The number of aliphatic carboxylic acids is 1. The Labute approximate surface area is 169 Å². The Hall–Kier alpha value is -3.11. The molecule has 3 aromatic rings. The van der Waals surface area contributed by atoms with Crippen LogP contribution >= 0.6 is 0 Å². The van der Waals surface area contributed by atoms with E-state index in [1.165, 1.54) is 0 Å². The molecule has 0 heterocycles. The molecule has 0 fully saturated rings. The van der Waals surface area contributed by atoms with Crippen LogP contribution in [0.5, 0.6) is 5.75 Å². The predicted molar refractivity (Wildman–Crippen MR) is 114 cm³/mol. The molecule has 4 nitrogen and oxygen atoms in total. The van der Waals surface area contributed by atoms with Gasteiger partial charge < -0.3 is 14.6 Å². The van der Waals surface area contributed by atoms with Crippen LogP contribution < -0.4 is 15.2 Å². The Morgan fingerprint density at radius 3 is 2.55 bits per heavy atom. The van der Waals surface area contributed by atoms with E-state index < -0.39 is 11.6 Å². The lowest BCUT2D eigenvalue weighted by Gasteiger charge is -2.37. The van der Waals surface area contributed by atoms with Crippen LogP contribution in [-0.2, 0) is 9.53 Å². The third kappa shape index (κ3) is 3.30. The summed E-state index contributed by atoms with van der Waals surface area (Å²) in [5.74, 6) is -0.0725. The van der Waals surface area contributed by atoms with E-state index in [0.717, 1.165) is 38.1 Å². The van der Waals surface area contributed by atoms with Gasteiger partial charge in [0.15, 0.2) is 0 Å². The van der Waals surface area contributed by atoms with Crippen LogP contribution in [0.4, 0.5) is 0 Å². The molecular weight excluding hydrogens is 364 g/mol. The van der Waals surface area contributed by atoms with Crippen molar-refractivity contribution in [1.82, 2.24) is 0 Å². The Kier molecular flexibility index (Phi) is 5.12. The Bertz CT molecular complexity index is 1190. The van der Waals surface area contributed by atoms with E-state index in [-0.39, 0.29) is 6.42 Å². The highest BCUT2D eigenvalue weighted by molar-refractivity contribution is 5.98. The van der Waals surface area contributed by atoms with Crippen LogP contribution in [0.15, 0.2) is 60.7 Å². The van der Waals surface area contributed by atoms with Crippen LogP contribution in [0.25, 0.3) is 22.4 Å². The number of hydrogen-bond acceptors (Lipinski definition) is 3. The van der Waals surface area contributed by atoms with Gasteiger partial charge in [-0.3, -0.25) is 4.79 Å². The van der Waals surface area contributed by atoms with Crippen molar-refractivity contribution in [2.75, 3.05) is 14.2 Å². The smallest absolute Gasteiger partial charge is 0.303 e. The number of carboxylic acid groups (broad SMARTS) is 1. The normalized spacial score (nSPS) is 18.2. The maximum atomic E-state index is 11.4. The molecule has 1 aliphatic carbocycles. The number of ether oxygens (including phenoxy) is 2. The largest absolute Gasteiger partial charge is 0.496 e. The number of rotatable bonds is 6. The summed E-state index contributed by atoms with van der Waals surface area (Å²) < 4.78 is 11.9. The van der Waals surface area contributed by atoms with Gasteiger partial charge in [-0.05, 0) is 40.1 Å². The van der Waals surface area contributed by atoms with Crippen molar-refractivity contribution < 1.29 is 19.4 Å². The van der Waals surface area contributed by atoms with Gasteiger partial charge in [0.1, 0.15) is 5.75 Å². The zero-order valence-corrected chi connectivity index (χ0v) is 16.6. The lowest BCUT2D eigenvalue weighted by Crippen LogP contribution is -2.45. The Morgan fingerprint density at radius 2 is 1.79 bits per heavy atom. The fraction of sp³-hybridized carbons (Fsp3) is 0.240. The molecule has 148 valence electrons. The summed E-state index contributed by atoms with van der Waals surface area (Å²) in [6.45, 7) is 0. The van der Waals surface area contributed by atoms with Crippen molar-refractivity contribution in [3.05, 3.63) is 76.7 Å². The molecule has 0 aliphatic heterocycles. The van der Waals surface area contributed by atoms with Gasteiger partial charge in [0.2, 0.25) is 0 Å². The molecule has 0 saturated carbocycles.